The van der Waals surface area contributed by atoms with E-state index in [-0.39, 0.29) is 51.1 Å². The molecule has 0 radical (unpaired) electrons. The molecule has 118 heavy (non-hydrogen) atoms. The van der Waals surface area contributed by atoms with Gasteiger partial charge in [0.1, 0.15) is 133 Å². The number of rotatable bonds is 20. The summed E-state index contributed by atoms with van der Waals surface area (Å²) in [5, 5.41) is 44.1. The zero-order valence-corrected chi connectivity index (χ0v) is 64.7. The van der Waals surface area contributed by atoms with Crippen LogP contribution in [0.2, 0.25) is 5.15 Å². The molecule has 2 atom stereocenters. The molecule has 13 aromatic rings. The number of hydrogen-bond acceptors (Lipinski definition) is 28. The molecule has 0 saturated heterocycles. The number of benzene rings is 7. The second-order valence-electron chi connectivity index (χ2n) is 26.4. The summed E-state index contributed by atoms with van der Waals surface area (Å²) in [4.78, 5) is 51.5. The molecule has 612 valence electrons. The predicted molar refractivity (Wildman–Crippen MR) is 429 cm³/mol. The van der Waals surface area contributed by atoms with Crippen LogP contribution in [0.1, 0.15) is 23.1 Å². The molecule has 9 heterocycles. The number of amides is 1. The third-order valence-corrected chi connectivity index (χ3v) is 18.2. The van der Waals surface area contributed by atoms with Crippen LogP contribution in [0.3, 0.4) is 0 Å². The number of hydrogen-bond donors (Lipinski definition) is 5. The number of fused-ring (bicyclic) bond motifs is 6. The number of carbonyl (C=O) groups excluding carboxylic acids is 1. The Morgan fingerprint density at radius 2 is 0.890 bits per heavy atom. The Hall–Kier alpha value is -14.7. The number of nitrogens with zero attached hydrogens (tertiary/aromatic N) is 14. The summed E-state index contributed by atoms with van der Waals surface area (Å²) < 4.78 is 111. The molecule has 1 fully saturated rings. The Bertz CT molecular complexity index is 5770. The van der Waals surface area contributed by atoms with E-state index in [0.29, 0.717) is 140 Å². The number of alkyl halides is 1. The van der Waals surface area contributed by atoms with Gasteiger partial charge in [0.2, 0.25) is 11.3 Å². The van der Waals surface area contributed by atoms with Crippen LogP contribution in [0.4, 0.5) is 85.6 Å². The first-order valence-corrected chi connectivity index (χ1v) is 36.5. The zero-order chi connectivity index (χ0) is 83.3. The van der Waals surface area contributed by atoms with Crippen molar-refractivity contribution in [3.8, 4) is 57.5 Å². The highest BCUT2D eigenvalue weighted by Crippen LogP contribution is 2.43. The van der Waals surface area contributed by atoms with E-state index < -0.39 is 39.6 Å². The first kappa shape index (κ1) is 81.3. The van der Waals surface area contributed by atoms with Gasteiger partial charge in [-0.25, -0.2) is 37.3 Å². The average Bonchev–Trinajstić information content (AvgIpc) is 1.81. The van der Waals surface area contributed by atoms with Gasteiger partial charge in [-0.2, -0.15) is 28.8 Å². The Morgan fingerprint density at radius 3 is 1.32 bits per heavy atom. The normalized spacial score (nSPS) is 13.7. The molecule has 4 aliphatic rings. The second-order valence-corrected chi connectivity index (χ2v) is 26.7. The SMILES string of the molecule is COc1ccc(CN(C)c2cc(Cl)nc3c([N+](=O)[O-])cnn23)cc1.COc1ccc(CN(C)c2cc(Nc3cc(F)cc4c3OCCO4)nc3c(N)cnn23)cc1.COc1ccc(CN(C)c2cc(Nc3cc(F)cc4c3OCCO4)nc3c([N+](=O)[O-])cnn23)cc1.Nc1cc(F)cc2c1OCCO2.O=C(N[C@@H]1C[C@@H]1F)Oc1ccccc1. The summed E-state index contributed by atoms with van der Waals surface area (Å²) in [7, 11) is 10.5. The van der Waals surface area contributed by atoms with Crippen molar-refractivity contribution in [1.29, 1.82) is 0 Å². The number of anilines is 9. The monoisotopic (exact) mass is 1640 g/mol. The van der Waals surface area contributed by atoms with Crippen molar-refractivity contribution in [3.05, 3.63) is 236 Å². The Kier molecular flexibility index (Phi) is 25.2. The van der Waals surface area contributed by atoms with Crippen LogP contribution in [0, 0.1) is 37.7 Å². The van der Waals surface area contributed by atoms with E-state index >= 15 is 0 Å². The van der Waals surface area contributed by atoms with Gasteiger partial charge in [-0.3, -0.25) is 20.2 Å². The largest absolute Gasteiger partial charge is 0.497 e. The lowest BCUT2D eigenvalue weighted by molar-refractivity contribution is -0.383. The molecule has 1 amide bonds. The van der Waals surface area contributed by atoms with E-state index in [2.05, 4.69) is 46.2 Å². The minimum atomic E-state index is -0.904. The maximum absolute atomic E-state index is 14.2. The quantitative estimate of drug-likeness (QED) is 0.0155. The Morgan fingerprint density at radius 1 is 0.508 bits per heavy atom. The number of carbonyl (C=O) groups is 1. The van der Waals surface area contributed by atoms with Crippen molar-refractivity contribution in [3.63, 3.8) is 0 Å². The van der Waals surface area contributed by atoms with E-state index in [9.17, 15) is 42.6 Å². The van der Waals surface area contributed by atoms with E-state index in [4.69, 9.17) is 70.4 Å². The molecule has 1 aliphatic carbocycles. The molecule has 1 saturated carbocycles. The predicted octanol–water partition coefficient (Wildman–Crippen LogP) is 13.5. The molecule has 3 aliphatic heterocycles. The number of nitrogen functional groups attached to an aromatic ring is 2. The molecule has 17 rings (SSSR count). The van der Waals surface area contributed by atoms with Gasteiger partial charge in [-0.1, -0.05) is 66.2 Å². The van der Waals surface area contributed by atoms with Crippen LogP contribution in [0.25, 0.3) is 16.9 Å². The topological polar surface area (TPSA) is 384 Å². The first-order chi connectivity index (χ1) is 57.0. The van der Waals surface area contributed by atoms with Crippen molar-refractivity contribution in [2.75, 3.05) is 119 Å². The van der Waals surface area contributed by atoms with E-state index in [1.165, 1.54) is 51.6 Å². The molecule has 6 aromatic heterocycles. The Labute approximate surface area is 674 Å². The van der Waals surface area contributed by atoms with Crippen molar-refractivity contribution in [2.24, 2.45) is 0 Å². The van der Waals surface area contributed by atoms with Crippen LogP contribution in [-0.2, 0) is 19.6 Å². The zero-order valence-electron chi connectivity index (χ0n) is 63.9. The van der Waals surface area contributed by atoms with Crippen LogP contribution in [0.15, 0.2) is 176 Å². The van der Waals surface area contributed by atoms with Crippen LogP contribution in [0.5, 0.6) is 57.5 Å². The van der Waals surface area contributed by atoms with Gasteiger partial charge in [0.25, 0.3) is 0 Å². The molecule has 0 bridgehead atoms. The van der Waals surface area contributed by atoms with Crippen molar-refractivity contribution >= 4 is 97.8 Å². The van der Waals surface area contributed by atoms with Crippen LogP contribution < -0.4 is 89.5 Å². The third-order valence-electron chi connectivity index (χ3n) is 18.0. The summed E-state index contributed by atoms with van der Waals surface area (Å²) in [5.74, 6) is 6.24. The van der Waals surface area contributed by atoms with Gasteiger partial charge < -0.3 is 89.5 Å². The molecule has 7 N–H and O–H groups in total. The summed E-state index contributed by atoms with van der Waals surface area (Å²) >= 11 is 6.03. The fourth-order valence-corrected chi connectivity index (χ4v) is 12.4. The number of nitrogens with one attached hydrogen (secondary N) is 3. The highest BCUT2D eigenvalue weighted by atomic mass is 35.5. The maximum atomic E-state index is 14.2. The lowest BCUT2D eigenvalue weighted by Gasteiger charge is -2.23. The molecule has 39 heteroatoms. The number of ether oxygens (including phenoxy) is 10. The van der Waals surface area contributed by atoms with Gasteiger partial charge >= 0.3 is 17.5 Å². The fraction of sp³-hybridized carbons (Fsp3) is 0.228. The molecule has 7 aromatic carbocycles. The number of aromatic nitrogens is 9. The third kappa shape index (κ3) is 19.7. The molecular weight excluding hydrogens is 1570 g/mol. The Balaban J connectivity index is 0.000000135. The number of nitro groups is 2. The van der Waals surface area contributed by atoms with E-state index in [0.717, 1.165) is 46.0 Å². The average molecular weight is 1640 g/mol. The second kappa shape index (κ2) is 36.6. The van der Waals surface area contributed by atoms with Gasteiger partial charge in [0.05, 0.1) is 66.2 Å². The number of nitrogens with two attached hydrogens (primary N) is 2. The minimum Gasteiger partial charge on any atom is -0.497 e. The number of para-hydroxylation sites is 1. The fourth-order valence-electron chi connectivity index (χ4n) is 12.2. The standard InChI is InChI=1S/C23H21FN6O5.C23H23FN6O3.C15H14ClN5O3.C10H10FNO2.C8H8FNO2/c1-28(13-14-3-5-16(33-2)6-4-14)21-11-20(27-23-18(30(31)32)12-25-29(21)23)26-17-9-15(24)10-19-22(17)35-8-7-34-19;1-29(13-14-3-5-16(31-2)6-4-14)21-11-20(28-23-17(25)12-26-30(21)23)27-18-9-15(24)10-19-22(18)33-8-7-32-19;1-19(9-10-3-5-11(24-2)6-4-10)14-7-13(16)18-15-12(21(22)23)8-17-20(14)15;11-8-6-9(8)12-10(13)14-7-4-2-1-3-5-7;9-5-3-6(10)8-7(4-5)11-1-2-12-8/h3-6,9-12H,7-8,13H2,1-2H3,(H,26,27);3-6,9-12H,7-8,13,25H2,1-2H3,(H,27,28);3-8H,9H2,1-2H3;1-5,8-9H,6H2,(H,12,13);3-4H,1-2,10H2/t;;;8-,9+;/m...0./s1. The lowest BCUT2D eigenvalue weighted by atomic mass is 10.2. The highest BCUT2D eigenvalue weighted by molar-refractivity contribution is 6.29. The van der Waals surface area contributed by atoms with Crippen LogP contribution in [-0.4, -0.2) is 154 Å². The molecule has 0 unspecified atom stereocenters. The van der Waals surface area contributed by atoms with Crippen LogP contribution >= 0.6 is 11.6 Å². The number of halogens is 5. The maximum Gasteiger partial charge on any atom is 0.412 e. The molecule has 0 spiro atoms. The smallest absolute Gasteiger partial charge is 0.412 e. The number of methoxy groups -OCH3 is 3. The lowest BCUT2D eigenvalue weighted by Crippen LogP contribution is -2.30. The molecular formula is C79H76ClF4N19O15. The van der Waals surface area contributed by atoms with Gasteiger partial charge in [-0.15, -0.1) is 0 Å². The first-order valence-electron chi connectivity index (χ1n) is 36.1. The van der Waals surface area contributed by atoms with E-state index in [1.54, 1.807) is 68.4 Å². The van der Waals surface area contributed by atoms with Crippen molar-refractivity contribution in [2.45, 2.75) is 38.3 Å². The minimum absolute atomic E-state index is 0.0408. The highest BCUT2D eigenvalue weighted by Gasteiger charge is 2.39. The van der Waals surface area contributed by atoms with Gasteiger partial charge in [0, 0.05) is 102 Å². The summed E-state index contributed by atoms with van der Waals surface area (Å²) in [6.07, 6.45) is 2.77. The summed E-state index contributed by atoms with van der Waals surface area (Å²) in [6, 6.07) is 44.1. The van der Waals surface area contributed by atoms with Crippen molar-refractivity contribution < 1.29 is 79.6 Å². The summed E-state index contributed by atoms with van der Waals surface area (Å²) in [5.41, 5.74) is 16.4. The van der Waals surface area contributed by atoms with Crippen molar-refractivity contribution in [1.82, 2.24) is 49.1 Å². The summed E-state index contributed by atoms with van der Waals surface area (Å²) in [6.45, 7) is 3.91. The molecule has 34 nitrogen and oxygen atoms in total. The van der Waals surface area contributed by atoms with Gasteiger partial charge in [-0.05, 0) is 65.2 Å². The van der Waals surface area contributed by atoms with E-state index in [1.807, 2.05) is 121 Å². The van der Waals surface area contributed by atoms with Gasteiger partial charge in [0.15, 0.2) is 40.1 Å².